The number of fused-ring (bicyclic) bond motifs is 1. The minimum Gasteiger partial charge on any atom is -0.399 e. The van der Waals surface area contributed by atoms with Gasteiger partial charge in [0.05, 0.1) is 43.5 Å². The van der Waals surface area contributed by atoms with Gasteiger partial charge in [0.2, 0.25) is 5.28 Å². The Morgan fingerprint density at radius 1 is 1.18 bits per heavy atom. The van der Waals surface area contributed by atoms with Crippen molar-refractivity contribution in [2.24, 2.45) is 0 Å². The predicted molar refractivity (Wildman–Crippen MR) is 134 cm³/mol. The van der Waals surface area contributed by atoms with Gasteiger partial charge in [0.15, 0.2) is 0 Å². The van der Waals surface area contributed by atoms with Gasteiger partial charge in [0.25, 0.3) is 0 Å². The van der Waals surface area contributed by atoms with Crippen molar-refractivity contribution < 1.29 is 22.7 Å². The Morgan fingerprint density at radius 3 is 2.68 bits per heavy atom. The summed E-state index contributed by atoms with van der Waals surface area (Å²) < 4.78 is 45.8. The molecule has 200 valence electrons. The second-order valence-electron chi connectivity index (χ2n) is 9.24. The molecule has 1 saturated heterocycles. The predicted octanol–water partition coefficient (Wildman–Crippen LogP) is 4.81. The molecule has 2 aliphatic rings. The van der Waals surface area contributed by atoms with Crippen LogP contribution in [-0.2, 0) is 24.0 Å². The van der Waals surface area contributed by atoms with E-state index in [0.29, 0.717) is 42.3 Å². The van der Waals surface area contributed by atoms with Crippen LogP contribution >= 0.6 is 11.6 Å². The van der Waals surface area contributed by atoms with E-state index in [1.54, 1.807) is 29.1 Å². The van der Waals surface area contributed by atoms with Crippen LogP contribution in [0.5, 0.6) is 0 Å². The molecule has 1 unspecified atom stereocenters. The Bertz CT molecular complexity index is 1340. The second-order valence-corrected chi connectivity index (χ2v) is 9.58. The molecular weight excluding hydrogens is 523 g/mol. The lowest BCUT2D eigenvalue weighted by Crippen LogP contribution is -2.47. The van der Waals surface area contributed by atoms with E-state index < -0.39 is 17.8 Å². The average molecular weight is 548 g/mol. The molecule has 5 rings (SSSR count). The lowest BCUT2D eigenvalue weighted by Gasteiger charge is -2.35. The SMILES string of the molecule is C[C@@H](Nc1nc(Cl)nc2c1CN(C(=O)N1CCOC(c3ccncc3)C1)C2)c1cc(N)cc(C(F)(F)F)c1. The van der Waals surface area contributed by atoms with Crippen LogP contribution in [0.4, 0.5) is 29.5 Å². The third-order valence-corrected chi connectivity index (χ3v) is 6.77. The number of carbonyl (C=O) groups excluding carboxylic acids is 1. The van der Waals surface area contributed by atoms with Crippen molar-refractivity contribution in [1.82, 2.24) is 24.8 Å². The first kappa shape index (κ1) is 26.0. The number of ether oxygens (including phenoxy) is 1. The lowest BCUT2D eigenvalue weighted by atomic mass is 10.0. The summed E-state index contributed by atoms with van der Waals surface area (Å²) in [4.78, 5) is 29.4. The molecule has 0 radical (unpaired) electrons. The highest BCUT2D eigenvalue weighted by molar-refractivity contribution is 6.28. The third-order valence-electron chi connectivity index (χ3n) is 6.60. The zero-order valence-electron chi connectivity index (χ0n) is 20.4. The minimum atomic E-state index is -4.53. The smallest absolute Gasteiger partial charge is 0.399 e. The molecular formula is C25H25ClF3N7O2. The number of aromatic nitrogens is 3. The zero-order valence-corrected chi connectivity index (χ0v) is 21.1. The van der Waals surface area contributed by atoms with Gasteiger partial charge in [-0.2, -0.15) is 13.2 Å². The van der Waals surface area contributed by atoms with Crippen LogP contribution < -0.4 is 11.1 Å². The maximum Gasteiger partial charge on any atom is 0.416 e. The molecule has 0 bridgehead atoms. The minimum absolute atomic E-state index is 0.00165. The monoisotopic (exact) mass is 547 g/mol. The Kier molecular flexibility index (Phi) is 7.01. The number of amides is 2. The summed E-state index contributed by atoms with van der Waals surface area (Å²) >= 11 is 6.16. The number of carbonyl (C=O) groups is 1. The van der Waals surface area contributed by atoms with E-state index >= 15 is 0 Å². The number of nitrogen functional groups attached to an aromatic ring is 1. The van der Waals surface area contributed by atoms with E-state index in [0.717, 1.165) is 17.7 Å². The number of urea groups is 1. The number of pyridine rings is 1. The van der Waals surface area contributed by atoms with Crippen molar-refractivity contribution in [3.63, 3.8) is 0 Å². The molecule has 0 saturated carbocycles. The maximum absolute atomic E-state index is 13.4. The van der Waals surface area contributed by atoms with E-state index in [4.69, 9.17) is 22.1 Å². The highest BCUT2D eigenvalue weighted by Crippen LogP contribution is 2.35. The molecule has 0 spiro atoms. The number of benzene rings is 1. The number of halogens is 4. The van der Waals surface area contributed by atoms with E-state index in [1.807, 2.05) is 12.1 Å². The Labute approximate surface area is 221 Å². The van der Waals surface area contributed by atoms with Gasteiger partial charge in [-0.05, 0) is 60.0 Å². The summed E-state index contributed by atoms with van der Waals surface area (Å²) in [7, 11) is 0. The van der Waals surface area contributed by atoms with Crippen LogP contribution in [0.1, 0.15) is 47.0 Å². The van der Waals surface area contributed by atoms with E-state index in [2.05, 4.69) is 20.3 Å². The lowest BCUT2D eigenvalue weighted by molar-refractivity contribution is -0.137. The highest BCUT2D eigenvalue weighted by atomic mass is 35.5. The quantitative estimate of drug-likeness (QED) is 0.356. The summed E-state index contributed by atoms with van der Waals surface area (Å²) in [5, 5.41) is 3.11. The second kappa shape index (κ2) is 10.3. The van der Waals surface area contributed by atoms with Crippen molar-refractivity contribution in [1.29, 1.82) is 0 Å². The van der Waals surface area contributed by atoms with Crippen molar-refractivity contribution in [3.8, 4) is 0 Å². The van der Waals surface area contributed by atoms with Crippen LogP contribution in [-0.4, -0.2) is 50.5 Å². The summed E-state index contributed by atoms with van der Waals surface area (Å²) in [6, 6.07) is 6.38. The first-order valence-corrected chi connectivity index (χ1v) is 12.3. The number of rotatable bonds is 4. The number of morpholine rings is 1. The molecule has 2 atom stereocenters. The van der Waals surface area contributed by atoms with Crippen LogP contribution in [0.3, 0.4) is 0 Å². The van der Waals surface area contributed by atoms with Crippen molar-refractivity contribution >= 4 is 29.1 Å². The molecule has 38 heavy (non-hydrogen) atoms. The molecule has 2 aromatic heterocycles. The van der Waals surface area contributed by atoms with Crippen molar-refractivity contribution in [2.45, 2.75) is 38.3 Å². The molecule has 4 heterocycles. The Morgan fingerprint density at radius 2 is 1.95 bits per heavy atom. The number of hydrogen-bond donors (Lipinski definition) is 2. The fraction of sp³-hybridized carbons (Fsp3) is 0.360. The van der Waals surface area contributed by atoms with Gasteiger partial charge in [-0.3, -0.25) is 4.98 Å². The molecule has 9 nitrogen and oxygen atoms in total. The molecule has 1 fully saturated rings. The van der Waals surface area contributed by atoms with Gasteiger partial charge in [0.1, 0.15) is 11.9 Å². The normalized spacial score (nSPS) is 18.3. The first-order chi connectivity index (χ1) is 18.1. The third kappa shape index (κ3) is 5.46. The number of nitrogens with zero attached hydrogens (tertiary/aromatic N) is 5. The summed E-state index contributed by atoms with van der Waals surface area (Å²) in [6.07, 6.45) is -1.42. The molecule has 2 amide bonds. The van der Waals surface area contributed by atoms with E-state index in [-0.39, 0.29) is 36.2 Å². The van der Waals surface area contributed by atoms with Crippen molar-refractivity contribution in [3.05, 3.63) is 76.0 Å². The van der Waals surface area contributed by atoms with Gasteiger partial charge in [-0.15, -0.1) is 0 Å². The Balaban J connectivity index is 1.32. The molecule has 3 aromatic rings. The van der Waals surface area contributed by atoms with Gasteiger partial charge >= 0.3 is 12.2 Å². The van der Waals surface area contributed by atoms with Gasteiger partial charge in [0, 0.05) is 30.2 Å². The number of hydrogen-bond acceptors (Lipinski definition) is 7. The van der Waals surface area contributed by atoms with E-state index in [9.17, 15) is 18.0 Å². The fourth-order valence-electron chi connectivity index (χ4n) is 4.66. The number of nitrogens with two attached hydrogens (primary N) is 1. The summed E-state index contributed by atoms with van der Waals surface area (Å²) in [5.41, 5.74) is 7.42. The van der Waals surface area contributed by atoms with Gasteiger partial charge in [-0.1, -0.05) is 0 Å². The van der Waals surface area contributed by atoms with Crippen LogP contribution in [0.15, 0.2) is 42.7 Å². The van der Waals surface area contributed by atoms with Crippen LogP contribution in [0.25, 0.3) is 0 Å². The Hall–Kier alpha value is -3.64. The highest BCUT2D eigenvalue weighted by Gasteiger charge is 2.35. The number of anilines is 2. The standard InChI is InChI=1S/C25H25ClF3N7O2/c1-14(16-8-17(25(27,28)29)10-18(30)9-16)32-22-19-11-36(12-20(19)33-23(26)34-22)24(37)35-6-7-38-21(13-35)15-2-4-31-5-3-15/h2-5,8-10,14,21H,6-7,11-13,30H2,1H3,(H,32,33,34)/t14-,21?/m1/s1. The fourth-order valence-corrected chi connectivity index (χ4v) is 4.85. The molecule has 13 heteroatoms. The zero-order chi connectivity index (χ0) is 27.0. The maximum atomic E-state index is 13.4. The number of alkyl halides is 3. The number of nitrogens with one attached hydrogen (secondary N) is 1. The molecule has 2 aliphatic heterocycles. The molecule has 1 aromatic carbocycles. The topological polar surface area (TPSA) is 110 Å². The van der Waals surface area contributed by atoms with Gasteiger partial charge < -0.3 is 25.6 Å². The first-order valence-electron chi connectivity index (χ1n) is 11.9. The van der Waals surface area contributed by atoms with Crippen molar-refractivity contribution in [2.75, 3.05) is 30.7 Å². The van der Waals surface area contributed by atoms with E-state index in [1.165, 1.54) is 6.07 Å². The van der Waals surface area contributed by atoms with Crippen LogP contribution in [0.2, 0.25) is 5.28 Å². The summed E-state index contributed by atoms with van der Waals surface area (Å²) in [5.74, 6) is 0.357. The average Bonchev–Trinajstić information content (AvgIpc) is 3.32. The van der Waals surface area contributed by atoms with Crippen LogP contribution in [0, 0.1) is 0 Å². The molecule has 3 N–H and O–H groups in total. The van der Waals surface area contributed by atoms with Gasteiger partial charge in [-0.25, -0.2) is 14.8 Å². The molecule has 0 aliphatic carbocycles. The largest absolute Gasteiger partial charge is 0.416 e. The summed E-state index contributed by atoms with van der Waals surface area (Å²) in [6.45, 7) is 3.38.